The molecule has 2 heterocycles. The largest absolute Gasteiger partial charge is 0.348 e. The first-order chi connectivity index (χ1) is 12.0. The Balaban J connectivity index is 1.61. The minimum Gasteiger partial charge on any atom is -0.348 e. The van der Waals surface area contributed by atoms with Gasteiger partial charge in [-0.25, -0.2) is 8.42 Å². The molecule has 2 aromatic rings. The van der Waals surface area contributed by atoms with Crippen LogP contribution in [0.5, 0.6) is 0 Å². The van der Waals surface area contributed by atoms with Gasteiger partial charge in [-0.3, -0.25) is 4.79 Å². The number of hydrogen-bond donors (Lipinski definition) is 1. The molecule has 134 valence electrons. The van der Waals surface area contributed by atoms with Crippen LogP contribution in [0, 0.1) is 0 Å². The van der Waals surface area contributed by atoms with Gasteiger partial charge in [0.1, 0.15) is 11.6 Å². The van der Waals surface area contributed by atoms with Crippen LogP contribution in [-0.2, 0) is 34.1 Å². The molecule has 1 N–H and O–H groups in total. The molecule has 1 aliphatic rings. The van der Waals surface area contributed by atoms with Crippen molar-refractivity contribution in [3.05, 3.63) is 40.9 Å². The van der Waals surface area contributed by atoms with E-state index < -0.39 is 21.5 Å². The highest BCUT2D eigenvalue weighted by Gasteiger charge is 2.20. The molecule has 1 aromatic heterocycles. The summed E-state index contributed by atoms with van der Waals surface area (Å²) in [5.74, 6) is 0.404. The van der Waals surface area contributed by atoms with Crippen molar-refractivity contribution < 1.29 is 13.2 Å². The fraction of sp³-hybridized carbons (Fsp3) is 0.438. The highest BCUT2D eigenvalue weighted by atomic mass is 35.5. The Morgan fingerprint density at radius 3 is 2.68 bits per heavy atom. The second-order valence-corrected chi connectivity index (χ2v) is 8.41. The Kier molecular flexibility index (Phi) is 5.39. The van der Waals surface area contributed by atoms with Crippen molar-refractivity contribution in [2.75, 3.05) is 5.75 Å². The summed E-state index contributed by atoms with van der Waals surface area (Å²) in [7, 11) is -3.70. The number of nitrogens with one attached hydrogen (secondary N) is 1. The van der Waals surface area contributed by atoms with Crippen molar-refractivity contribution in [2.24, 2.45) is 0 Å². The molecule has 1 aliphatic heterocycles. The van der Waals surface area contributed by atoms with E-state index in [-0.39, 0.29) is 11.4 Å². The lowest BCUT2D eigenvalue weighted by molar-refractivity contribution is -0.118. The molecule has 1 aromatic carbocycles. The minimum atomic E-state index is -3.70. The third kappa shape index (κ3) is 4.38. The average Bonchev–Trinajstić information content (AvgIpc) is 2.79. The van der Waals surface area contributed by atoms with Crippen LogP contribution in [0.15, 0.2) is 29.2 Å². The van der Waals surface area contributed by atoms with Gasteiger partial charge in [-0.05, 0) is 37.1 Å². The number of halogens is 1. The molecule has 0 atom stereocenters. The predicted octanol–water partition coefficient (Wildman–Crippen LogP) is 1.75. The van der Waals surface area contributed by atoms with Gasteiger partial charge in [0.25, 0.3) is 0 Å². The van der Waals surface area contributed by atoms with E-state index in [9.17, 15) is 13.2 Å². The molecular weight excluding hydrogens is 364 g/mol. The number of carbonyl (C=O) groups excluding carboxylic acids is 1. The first-order valence-corrected chi connectivity index (χ1v) is 10.1. The first kappa shape index (κ1) is 17.9. The van der Waals surface area contributed by atoms with Gasteiger partial charge in [0, 0.05) is 18.0 Å². The zero-order valence-electron chi connectivity index (χ0n) is 13.6. The van der Waals surface area contributed by atoms with Crippen molar-refractivity contribution in [2.45, 2.75) is 43.7 Å². The Morgan fingerprint density at radius 2 is 1.92 bits per heavy atom. The lowest BCUT2D eigenvalue weighted by Gasteiger charge is -2.09. The summed E-state index contributed by atoms with van der Waals surface area (Å²) in [5.41, 5.74) is 0. The Bertz CT molecular complexity index is 862. The van der Waals surface area contributed by atoms with E-state index >= 15 is 0 Å². The molecule has 1 amide bonds. The highest BCUT2D eigenvalue weighted by molar-refractivity contribution is 7.92. The van der Waals surface area contributed by atoms with E-state index in [0.717, 1.165) is 38.1 Å². The summed E-state index contributed by atoms with van der Waals surface area (Å²) < 4.78 is 26.5. The molecule has 0 bridgehead atoms. The third-order valence-corrected chi connectivity index (χ3v) is 6.01. The van der Waals surface area contributed by atoms with E-state index in [1.165, 1.54) is 24.3 Å². The monoisotopic (exact) mass is 382 g/mol. The van der Waals surface area contributed by atoms with Gasteiger partial charge >= 0.3 is 0 Å². The number of hydrogen-bond acceptors (Lipinski definition) is 5. The molecule has 0 radical (unpaired) electrons. The Labute approximate surface area is 151 Å². The predicted molar refractivity (Wildman–Crippen MR) is 92.9 cm³/mol. The second-order valence-electron chi connectivity index (χ2n) is 5.98. The van der Waals surface area contributed by atoms with Crippen molar-refractivity contribution in [3.63, 3.8) is 0 Å². The number of amides is 1. The molecule has 0 fully saturated rings. The van der Waals surface area contributed by atoms with E-state index in [0.29, 0.717) is 10.8 Å². The lowest BCUT2D eigenvalue weighted by Crippen LogP contribution is -2.31. The van der Waals surface area contributed by atoms with Crippen molar-refractivity contribution in [1.82, 2.24) is 20.1 Å². The van der Waals surface area contributed by atoms with E-state index in [4.69, 9.17) is 11.6 Å². The SMILES string of the molecule is O=C(CS(=O)(=O)c1ccc(Cl)cc1)NCc1nnc2n1CCCCC2. The van der Waals surface area contributed by atoms with Crippen LogP contribution < -0.4 is 5.32 Å². The van der Waals surface area contributed by atoms with Gasteiger partial charge < -0.3 is 9.88 Å². The van der Waals surface area contributed by atoms with Crippen LogP contribution in [0.4, 0.5) is 0 Å². The summed E-state index contributed by atoms with van der Waals surface area (Å²) in [6, 6.07) is 5.75. The number of aromatic nitrogens is 3. The first-order valence-electron chi connectivity index (χ1n) is 8.12. The minimum absolute atomic E-state index is 0.0726. The molecular formula is C16H19ClN4O3S. The van der Waals surface area contributed by atoms with E-state index in [2.05, 4.69) is 15.5 Å². The molecule has 0 unspecified atom stereocenters. The van der Waals surface area contributed by atoms with E-state index in [1.54, 1.807) is 0 Å². The van der Waals surface area contributed by atoms with Gasteiger partial charge in [0.05, 0.1) is 11.4 Å². The number of nitrogens with zero attached hydrogens (tertiary/aromatic N) is 3. The summed E-state index contributed by atoms with van der Waals surface area (Å²) in [6.07, 6.45) is 4.17. The average molecular weight is 383 g/mol. The molecule has 7 nitrogen and oxygen atoms in total. The maximum absolute atomic E-state index is 12.3. The van der Waals surface area contributed by atoms with Gasteiger partial charge in [-0.2, -0.15) is 0 Å². The standard InChI is InChI=1S/C16H19ClN4O3S/c17-12-5-7-13(8-6-12)25(23,24)11-16(22)18-10-15-20-19-14-4-2-1-3-9-21(14)15/h5-8H,1-4,9-11H2,(H,18,22). The number of rotatable bonds is 5. The number of aryl methyl sites for hydroxylation is 1. The number of carbonyl (C=O) groups is 1. The zero-order valence-corrected chi connectivity index (χ0v) is 15.2. The Hall–Kier alpha value is -1.93. The molecule has 3 rings (SSSR count). The normalized spacial score (nSPS) is 14.6. The maximum Gasteiger partial charge on any atom is 0.235 e. The molecule has 0 spiro atoms. The topological polar surface area (TPSA) is 93.9 Å². The quantitative estimate of drug-likeness (QED) is 0.850. The third-order valence-electron chi connectivity index (χ3n) is 4.12. The van der Waals surface area contributed by atoms with Crippen LogP contribution >= 0.6 is 11.6 Å². The van der Waals surface area contributed by atoms with Gasteiger partial charge in [0.2, 0.25) is 5.91 Å². The summed E-state index contributed by atoms with van der Waals surface area (Å²) in [4.78, 5) is 12.1. The molecule has 0 saturated carbocycles. The summed E-state index contributed by atoms with van der Waals surface area (Å²) in [6.45, 7) is 0.999. The molecule has 9 heteroatoms. The van der Waals surface area contributed by atoms with Gasteiger partial charge in [-0.1, -0.05) is 18.0 Å². The number of fused-ring (bicyclic) bond motifs is 1. The van der Waals surface area contributed by atoms with E-state index in [1.807, 2.05) is 4.57 Å². The molecule has 25 heavy (non-hydrogen) atoms. The summed E-state index contributed by atoms with van der Waals surface area (Å²) in [5, 5.41) is 11.3. The number of benzene rings is 1. The number of sulfone groups is 1. The van der Waals surface area contributed by atoms with Gasteiger partial charge in [0.15, 0.2) is 15.7 Å². The van der Waals surface area contributed by atoms with Crippen LogP contribution in [-0.4, -0.2) is 34.8 Å². The van der Waals surface area contributed by atoms with Crippen molar-refractivity contribution in [3.8, 4) is 0 Å². The molecule has 0 aliphatic carbocycles. The smallest absolute Gasteiger partial charge is 0.235 e. The van der Waals surface area contributed by atoms with Crippen LogP contribution in [0.2, 0.25) is 5.02 Å². The van der Waals surface area contributed by atoms with Crippen molar-refractivity contribution >= 4 is 27.3 Å². The molecule has 0 saturated heterocycles. The van der Waals surface area contributed by atoms with Crippen LogP contribution in [0.25, 0.3) is 0 Å². The van der Waals surface area contributed by atoms with Crippen LogP contribution in [0.1, 0.15) is 30.9 Å². The highest BCUT2D eigenvalue weighted by Crippen LogP contribution is 2.16. The second kappa shape index (κ2) is 7.53. The fourth-order valence-corrected chi connectivity index (χ4v) is 4.09. The maximum atomic E-state index is 12.3. The fourth-order valence-electron chi connectivity index (χ4n) is 2.80. The Morgan fingerprint density at radius 1 is 1.16 bits per heavy atom. The summed E-state index contributed by atoms with van der Waals surface area (Å²) >= 11 is 5.75. The van der Waals surface area contributed by atoms with Crippen molar-refractivity contribution in [1.29, 1.82) is 0 Å². The zero-order chi connectivity index (χ0) is 17.9. The van der Waals surface area contributed by atoms with Gasteiger partial charge in [-0.15, -0.1) is 10.2 Å². The lowest BCUT2D eigenvalue weighted by atomic mass is 10.2. The van der Waals surface area contributed by atoms with Crippen LogP contribution in [0.3, 0.4) is 0 Å².